The molecule has 0 spiro atoms. The summed E-state index contributed by atoms with van der Waals surface area (Å²) in [6.07, 6.45) is 0. The summed E-state index contributed by atoms with van der Waals surface area (Å²) < 4.78 is 0. The molecule has 0 radical (unpaired) electrons. The van der Waals surface area contributed by atoms with Crippen LogP contribution in [0.3, 0.4) is 0 Å². The molecule has 3 aromatic rings. The molecule has 0 unspecified atom stereocenters. The number of aliphatic hydroxyl groups excluding tert-OH is 1. The molecule has 1 aromatic heterocycles. The molecule has 0 aliphatic rings. The molecule has 0 bridgehead atoms. The third kappa shape index (κ3) is 3.50. The molecule has 24 heavy (non-hydrogen) atoms. The third-order valence-electron chi connectivity index (χ3n) is 3.26. The van der Waals surface area contributed by atoms with Crippen molar-refractivity contribution in [3.63, 3.8) is 0 Å². The van der Waals surface area contributed by atoms with Crippen LogP contribution < -0.4 is 16.2 Å². The topological polar surface area (TPSA) is 103 Å². The third-order valence-corrected chi connectivity index (χ3v) is 3.85. The fourth-order valence-electron chi connectivity index (χ4n) is 2.19. The molecule has 2 aromatic carbocycles. The van der Waals surface area contributed by atoms with Gasteiger partial charge in [-0.25, -0.2) is 4.98 Å². The molecular weight excluding hydrogens is 328 g/mol. The first kappa shape index (κ1) is 15.9. The summed E-state index contributed by atoms with van der Waals surface area (Å²) in [5.74, 6) is -0.867. The minimum Gasteiger partial charge on any atom is -0.387 e. The van der Waals surface area contributed by atoms with Crippen LogP contribution in [-0.4, -0.2) is 28.5 Å². The van der Waals surface area contributed by atoms with Crippen LogP contribution >= 0.6 is 11.3 Å². The standard InChI is InChI=1S/C16H14N4O3S/c21-7-15(22)18-13-6-11(5-10-3-1-2-4-12(10)13)19-20-16(23)14-8-24-9-17-14/h1-6,8-9,19,21H,7H2,(H,18,22)(H,20,23). The lowest BCUT2D eigenvalue weighted by molar-refractivity contribution is -0.118. The smallest absolute Gasteiger partial charge is 0.289 e. The van der Waals surface area contributed by atoms with Gasteiger partial charge in [-0.15, -0.1) is 11.3 Å². The molecule has 0 aliphatic heterocycles. The summed E-state index contributed by atoms with van der Waals surface area (Å²) in [7, 11) is 0. The van der Waals surface area contributed by atoms with Crippen molar-refractivity contribution in [2.24, 2.45) is 0 Å². The molecule has 8 heteroatoms. The van der Waals surface area contributed by atoms with Gasteiger partial charge in [0, 0.05) is 10.8 Å². The van der Waals surface area contributed by atoms with Gasteiger partial charge in [0.2, 0.25) is 5.91 Å². The highest BCUT2D eigenvalue weighted by Gasteiger charge is 2.09. The molecule has 0 fully saturated rings. The number of amides is 2. The van der Waals surface area contributed by atoms with Gasteiger partial charge in [0.15, 0.2) is 0 Å². The van der Waals surface area contributed by atoms with Gasteiger partial charge in [-0.05, 0) is 17.5 Å². The lowest BCUT2D eigenvalue weighted by atomic mass is 10.1. The molecule has 0 saturated heterocycles. The Morgan fingerprint density at radius 3 is 2.79 bits per heavy atom. The largest absolute Gasteiger partial charge is 0.387 e. The Morgan fingerprint density at radius 1 is 1.21 bits per heavy atom. The Labute approximate surface area is 141 Å². The first-order chi connectivity index (χ1) is 11.7. The highest BCUT2D eigenvalue weighted by Crippen LogP contribution is 2.27. The van der Waals surface area contributed by atoms with Crippen LogP contribution in [0.4, 0.5) is 11.4 Å². The Morgan fingerprint density at radius 2 is 2.04 bits per heavy atom. The van der Waals surface area contributed by atoms with E-state index in [1.807, 2.05) is 30.3 Å². The molecule has 4 N–H and O–H groups in total. The van der Waals surface area contributed by atoms with Crippen LogP contribution in [0, 0.1) is 0 Å². The summed E-state index contributed by atoms with van der Waals surface area (Å²) in [5, 5.41) is 14.9. The van der Waals surface area contributed by atoms with E-state index in [9.17, 15) is 9.59 Å². The number of hydrogen-bond donors (Lipinski definition) is 4. The van der Waals surface area contributed by atoms with E-state index in [0.717, 1.165) is 10.8 Å². The van der Waals surface area contributed by atoms with Crippen LogP contribution in [0.1, 0.15) is 10.5 Å². The second-order valence-electron chi connectivity index (χ2n) is 4.90. The van der Waals surface area contributed by atoms with Gasteiger partial charge in [0.05, 0.1) is 16.9 Å². The number of rotatable bonds is 5. The van der Waals surface area contributed by atoms with Crippen LogP contribution in [0.25, 0.3) is 10.8 Å². The Bertz CT molecular complexity index is 880. The summed E-state index contributed by atoms with van der Waals surface area (Å²) >= 11 is 1.33. The molecule has 7 nitrogen and oxygen atoms in total. The van der Waals surface area contributed by atoms with Crippen LogP contribution in [0.5, 0.6) is 0 Å². The lowest BCUT2D eigenvalue weighted by Gasteiger charge is -2.13. The van der Waals surface area contributed by atoms with Crippen molar-refractivity contribution in [2.75, 3.05) is 17.3 Å². The number of nitrogens with one attached hydrogen (secondary N) is 3. The number of carbonyl (C=O) groups excluding carboxylic acids is 2. The van der Waals surface area contributed by atoms with Gasteiger partial charge in [0.25, 0.3) is 5.91 Å². The molecule has 1 heterocycles. The van der Waals surface area contributed by atoms with E-state index in [0.29, 0.717) is 17.1 Å². The molecule has 0 aliphatic carbocycles. The van der Waals surface area contributed by atoms with Gasteiger partial charge >= 0.3 is 0 Å². The minimum atomic E-state index is -0.605. The Kier molecular flexibility index (Phi) is 4.69. The van der Waals surface area contributed by atoms with E-state index in [-0.39, 0.29) is 5.91 Å². The zero-order valence-corrected chi connectivity index (χ0v) is 13.3. The summed E-state index contributed by atoms with van der Waals surface area (Å²) in [6.45, 7) is -0.605. The average Bonchev–Trinajstić information content (AvgIpc) is 3.14. The van der Waals surface area contributed by atoms with Crippen molar-refractivity contribution < 1.29 is 14.7 Å². The molecule has 2 amide bonds. The van der Waals surface area contributed by atoms with Gasteiger partial charge in [0.1, 0.15) is 12.3 Å². The highest BCUT2D eigenvalue weighted by molar-refractivity contribution is 7.07. The zero-order valence-electron chi connectivity index (χ0n) is 12.4. The Balaban J connectivity index is 1.85. The Hall–Kier alpha value is -2.97. The fourth-order valence-corrected chi connectivity index (χ4v) is 2.73. The summed E-state index contributed by atoms with van der Waals surface area (Å²) in [6, 6.07) is 11.0. The molecular formula is C16H14N4O3S. The lowest BCUT2D eigenvalue weighted by Crippen LogP contribution is -2.29. The number of hydrazine groups is 1. The van der Waals surface area contributed by atoms with Crippen molar-refractivity contribution in [1.29, 1.82) is 0 Å². The van der Waals surface area contributed by atoms with Crippen molar-refractivity contribution in [3.8, 4) is 0 Å². The second-order valence-corrected chi connectivity index (χ2v) is 5.62. The number of hydrogen-bond acceptors (Lipinski definition) is 6. The minimum absolute atomic E-state index is 0.321. The number of aromatic nitrogens is 1. The molecule has 3 rings (SSSR count). The van der Waals surface area contributed by atoms with Gasteiger partial charge in [-0.3, -0.25) is 20.4 Å². The number of fused-ring (bicyclic) bond motifs is 1. The number of benzene rings is 2. The van der Waals surface area contributed by atoms with E-state index in [1.165, 1.54) is 11.3 Å². The summed E-state index contributed by atoms with van der Waals surface area (Å²) in [4.78, 5) is 27.3. The van der Waals surface area contributed by atoms with Crippen molar-refractivity contribution in [3.05, 3.63) is 53.0 Å². The second kappa shape index (κ2) is 7.07. The predicted octanol–water partition coefficient (Wildman–Crippen LogP) is 1.98. The predicted molar refractivity (Wildman–Crippen MR) is 92.9 cm³/mol. The highest BCUT2D eigenvalue weighted by atomic mass is 32.1. The number of nitrogens with zero attached hydrogens (tertiary/aromatic N) is 1. The number of carbonyl (C=O) groups is 2. The summed E-state index contributed by atoms with van der Waals surface area (Å²) in [5.41, 5.74) is 8.39. The van der Waals surface area contributed by atoms with Crippen molar-refractivity contribution in [2.45, 2.75) is 0 Å². The maximum Gasteiger partial charge on any atom is 0.289 e. The number of aliphatic hydroxyl groups is 1. The van der Waals surface area contributed by atoms with Crippen LogP contribution in [-0.2, 0) is 4.79 Å². The van der Waals surface area contributed by atoms with Gasteiger partial charge in [-0.2, -0.15) is 0 Å². The fraction of sp³-hybridized carbons (Fsp3) is 0.0625. The van der Waals surface area contributed by atoms with Crippen molar-refractivity contribution in [1.82, 2.24) is 10.4 Å². The SMILES string of the molecule is O=C(CO)Nc1cc(NNC(=O)c2cscn2)cc2ccccc12. The maximum absolute atomic E-state index is 11.9. The van der Waals surface area contributed by atoms with Crippen LogP contribution in [0.2, 0.25) is 0 Å². The normalized spacial score (nSPS) is 10.4. The first-order valence-corrected chi connectivity index (χ1v) is 7.99. The van der Waals surface area contributed by atoms with Crippen LogP contribution in [0.15, 0.2) is 47.3 Å². The van der Waals surface area contributed by atoms with E-state index < -0.39 is 12.5 Å². The quantitative estimate of drug-likeness (QED) is 0.531. The van der Waals surface area contributed by atoms with Gasteiger partial charge in [-0.1, -0.05) is 24.3 Å². The van der Waals surface area contributed by atoms with E-state index in [4.69, 9.17) is 5.11 Å². The zero-order chi connectivity index (χ0) is 16.9. The van der Waals surface area contributed by atoms with Gasteiger partial charge < -0.3 is 10.4 Å². The number of anilines is 2. The van der Waals surface area contributed by atoms with E-state index >= 15 is 0 Å². The number of thiazole rings is 1. The molecule has 0 saturated carbocycles. The first-order valence-electron chi connectivity index (χ1n) is 7.05. The monoisotopic (exact) mass is 342 g/mol. The van der Waals surface area contributed by atoms with E-state index in [2.05, 4.69) is 21.2 Å². The molecule has 122 valence electrons. The molecule has 0 atom stereocenters. The van der Waals surface area contributed by atoms with Crippen molar-refractivity contribution >= 4 is 45.3 Å². The van der Waals surface area contributed by atoms with E-state index in [1.54, 1.807) is 17.0 Å². The maximum atomic E-state index is 11.9. The average molecular weight is 342 g/mol.